The molecular weight excluding hydrogens is 986 g/mol. The minimum atomic E-state index is -1.51. The van der Waals surface area contributed by atoms with Crippen molar-refractivity contribution in [2.24, 2.45) is 22.9 Å². The summed E-state index contributed by atoms with van der Waals surface area (Å²) in [5.74, 6) is -1.00. The largest absolute Gasteiger partial charge is 0.459 e. The number of allylic oxidation sites excluding steroid dienone is 1. The zero-order chi connectivity index (χ0) is 54.7. The van der Waals surface area contributed by atoms with Crippen LogP contribution in [0, 0.1) is 33.7 Å². The van der Waals surface area contributed by atoms with E-state index in [-0.39, 0.29) is 81.0 Å². The van der Waals surface area contributed by atoms with Crippen molar-refractivity contribution in [3.8, 4) is 28.4 Å². The van der Waals surface area contributed by atoms with Gasteiger partial charge in [0.25, 0.3) is 5.69 Å². The van der Waals surface area contributed by atoms with Gasteiger partial charge in [0.15, 0.2) is 0 Å². The number of halogens is 1. The standard InChI is InChI=1S/C65H78FN3O9/c1-3-5-6-7-8-9-10-11-15-24-62(72)68(45-47-25-31-52(66)32-26-47)61-44-59(67-76-46-48-27-33-53(34-28-48)69(73)74)57-42-51(22-16-18-39-70)56(23-17-19-40-71)63-58-43-55(37-38-60(58)78-65(61,64(57)63)75-41-4-2)77-54-35-29-50(30-36-54)49-20-13-12-14-21-49/h4,12-14,20-21,25-38,42-43,51,56,61,63-64,70-71H,2-3,5-11,15-19,22-24,39-41,44-46H2,1H3/t51-,56+,61-,63+,64+,65+/m0/s1. The molecule has 1 saturated carbocycles. The predicted octanol–water partition coefficient (Wildman–Crippen LogP) is 15.0. The molecule has 1 fully saturated rings. The van der Waals surface area contributed by atoms with E-state index in [1.807, 2.05) is 59.5 Å². The Morgan fingerprint density at radius 1 is 0.808 bits per heavy atom. The lowest BCUT2D eigenvalue weighted by Crippen LogP contribution is -2.70. The lowest BCUT2D eigenvalue weighted by atomic mass is 9.55. The van der Waals surface area contributed by atoms with Gasteiger partial charge in [0.05, 0.1) is 23.2 Å². The fraction of sp³-hybridized carbons (Fsp3) is 0.446. The maximum Gasteiger partial charge on any atom is 0.269 e. The second kappa shape index (κ2) is 28.8. The van der Waals surface area contributed by atoms with Crippen molar-refractivity contribution in [3.63, 3.8) is 0 Å². The van der Waals surface area contributed by atoms with E-state index >= 15 is 4.79 Å². The van der Waals surface area contributed by atoms with Gasteiger partial charge in [-0.2, -0.15) is 0 Å². The van der Waals surface area contributed by atoms with Crippen molar-refractivity contribution in [2.75, 3.05) is 19.8 Å². The van der Waals surface area contributed by atoms with Crippen molar-refractivity contribution in [2.45, 2.75) is 147 Å². The van der Waals surface area contributed by atoms with Gasteiger partial charge < -0.3 is 34.2 Å². The van der Waals surface area contributed by atoms with Gasteiger partial charge in [-0.1, -0.05) is 143 Å². The number of unbranched alkanes of at least 4 members (excludes halogenated alkanes) is 10. The Morgan fingerprint density at radius 2 is 1.46 bits per heavy atom. The zero-order valence-electron chi connectivity index (χ0n) is 45.3. The first-order valence-electron chi connectivity index (χ1n) is 28.5. The molecule has 3 aliphatic rings. The van der Waals surface area contributed by atoms with Crippen LogP contribution in [0.4, 0.5) is 10.1 Å². The Morgan fingerprint density at radius 3 is 2.14 bits per heavy atom. The first-order valence-corrected chi connectivity index (χ1v) is 28.5. The van der Waals surface area contributed by atoms with Crippen LogP contribution >= 0.6 is 0 Å². The predicted molar refractivity (Wildman–Crippen MR) is 304 cm³/mol. The third-order valence-corrected chi connectivity index (χ3v) is 15.9. The highest BCUT2D eigenvalue weighted by Crippen LogP contribution is 2.62. The van der Waals surface area contributed by atoms with Crippen LogP contribution in [-0.4, -0.2) is 63.3 Å². The maximum absolute atomic E-state index is 15.4. The molecule has 2 N–H and O–H groups in total. The molecule has 0 saturated heterocycles. The monoisotopic (exact) mass is 1060 g/mol. The lowest BCUT2D eigenvalue weighted by molar-refractivity contribution is -0.384. The number of nitro groups is 1. The highest BCUT2D eigenvalue weighted by Gasteiger charge is 2.65. The number of aliphatic hydroxyl groups excluding tert-OH is 2. The van der Waals surface area contributed by atoms with E-state index in [0.717, 1.165) is 72.8 Å². The number of non-ortho nitro benzene ring substituents is 1. The number of fused-ring (bicyclic) bond motifs is 2. The average molecular weight is 1060 g/mol. The Hall–Kier alpha value is -6.67. The normalized spacial score (nSPS) is 20.7. The molecule has 8 rings (SSSR count). The van der Waals surface area contributed by atoms with Gasteiger partial charge >= 0.3 is 0 Å². The number of hydrogen-bond acceptors (Lipinski definition) is 10. The summed E-state index contributed by atoms with van der Waals surface area (Å²) in [4.78, 5) is 34.6. The van der Waals surface area contributed by atoms with Crippen LogP contribution in [0.15, 0.2) is 151 Å². The number of ether oxygens (including phenoxy) is 3. The summed E-state index contributed by atoms with van der Waals surface area (Å²) in [6.45, 7) is 6.70. The van der Waals surface area contributed by atoms with Crippen molar-refractivity contribution in [1.82, 2.24) is 4.90 Å². The molecule has 13 heteroatoms. The molecule has 0 aromatic heterocycles. The minimum absolute atomic E-state index is 0.00956. The van der Waals surface area contributed by atoms with E-state index in [1.54, 1.807) is 30.3 Å². The van der Waals surface area contributed by atoms with Crippen LogP contribution in [-0.2, 0) is 27.5 Å². The van der Waals surface area contributed by atoms with Gasteiger partial charge in [-0.05, 0) is 126 Å². The van der Waals surface area contributed by atoms with Gasteiger partial charge in [-0.3, -0.25) is 14.9 Å². The van der Waals surface area contributed by atoms with E-state index < -0.39 is 22.7 Å². The summed E-state index contributed by atoms with van der Waals surface area (Å²) < 4.78 is 36.1. The lowest BCUT2D eigenvalue weighted by Gasteiger charge is -2.60. The molecule has 5 aromatic carbocycles. The van der Waals surface area contributed by atoms with Crippen LogP contribution < -0.4 is 9.47 Å². The molecule has 1 heterocycles. The quantitative estimate of drug-likeness (QED) is 0.0191. The molecule has 2 aliphatic carbocycles. The number of aliphatic hydroxyl groups is 2. The molecule has 0 bridgehead atoms. The number of benzene rings is 5. The fourth-order valence-corrected chi connectivity index (χ4v) is 12.0. The number of carbonyl (C=O) groups excluding carboxylic acids is 1. The van der Waals surface area contributed by atoms with Crippen LogP contribution in [0.5, 0.6) is 17.2 Å². The van der Waals surface area contributed by atoms with E-state index in [1.165, 1.54) is 56.4 Å². The average Bonchev–Trinajstić information content (AvgIpc) is 3.58. The second-order valence-corrected chi connectivity index (χ2v) is 21.2. The van der Waals surface area contributed by atoms with Crippen LogP contribution in [0.3, 0.4) is 0 Å². The molecule has 12 nitrogen and oxygen atoms in total. The summed E-state index contributed by atoms with van der Waals surface area (Å²) in [5, 5.41) is 36.8. The number of oxime groups is 1. The molecule has 0 radical (unpaired) electrons. The maximum atomic E-state index is 15.4. The summed E-state index contributed by atoms with van der Waals surface area (Å²) in [6, 6.07) is 35.8. The summed E-state index contributed by atoms with van der Waals surface area (Å²) in [7, 11) is 0. The Labute approximate surface area is 460 Å². The second-order valence-electron chi connectivity index (χ2n) is 21.2. The first-order chi connectivity index (χ1) is 38.2. The van der Waals surface area contributed by atoms with E-state index in [4.69, 9.17) is 24.2 Å². The van der Waals surface area contributed by atoms with Crippen molar-refractivity contribution in [3.05, 3.63) is 178 Å². The smallest absolute Gasteiger partial charge is 0.269 e. The van der Waals surface area contributed by atoms with Gasteiger partial charge in [0, 0.05) is 56.2 Å². The van der Waals surface area contributed by atoms with Crippen LogP contribution in [0.25, 0.3) is 11.1 Å². The van der Waals surface area contributed by atoms with E-state index in [0.29, 0.717) is 47.8 Å². The molecular formula is C65H78FN3O9. The summed E-state index contributed by atoms with van der Waals surface area (Å²) in [5.41, 5.74) is 5.98. The zero-order valence-corrected chi connectivity index (χ0v) is 45.3. The van der Waals surface area contributed by atoms with Crippen LogP contribution in [0.2, 0.25) is 0 Å². The fourth-order valence-electron chi connectivity index (χ4n) is 12.0. The highest BCUT2D eigenvalue weighted by atomic mass is 19.1. The number of hydrogen-bond donors (Lipinski definition) is 2. The van der Waals surface area contributed by atoms with E-state index in [2.05, 4.69) is 37.8 Å². The number of rotatable bonds is 31. The van der Waals surface area contributed by atoms with E-state index in [9.17, 15) is 24.7 Å². The number of carbonyl (C=O) groups is 1. The summed E-state index contributed by atoms with van der Waals surface area (Å²) in [6.07, 6.45) is 18.6. The topological polar surface area (TPSA) is 153 Å². The van der Waals surface area contributed by atoms with Crippen molar-refractivity contribution >= 4 is 17.3 Å². The number of nitrogens with zero attached hydrogens (tertiary/aromatic N) is 3. The number of nitro benzene ring substituents is 1. The first kappa shape index (κ1) is 57.5. The Balaban J connectivity index is 1.26. The van der Waals surface area contributed by atoms with Gasteiger partial charge in [-0.15, -0.1) is 6.58 Å². The molecule has 5 aromatic rings. The molecule has 1 aliphatic heterocycles. The highest BCUT2D eigenvalue weighted by molar-refractivity contribution is 6.03. The number of amides is 1. The molecule has 6 atom stereocenters. The third-order valence-electron chi connectivity index (χ3n) is 15.9. The van der Waals surface area contributed by atoms with Crippen molar-refractivity contribution < 1.29 is 43.4 Å². The third kappa shape index (κ3) is 14.5. The van der Waals surface area contributed by atoms with Crippen LogP contribution in [0.1, 0.15) is 139 Å². The molecule has 78 heavy (non-hydrogen) atoms. The minimum Gasteiger partial charge on any atom is -0.459 e. The Kier molecular flexibility index (Phi) is 21.2. The molecule has 414 valence electrons. The Bertz CT molecular complexity index is 2770. The van der Waals surface area contributed by atoms with Gasteiger partial charge in [-0.25, -0.2) is 4.39 Å². The molecule has 0 unspecified atom stereocenters. The molecule has 1 amide bonds. The van der Waals surface area contributed by atoms with Crippen molar-refractivity contribution in [1.29, 1.82) is 0 Å². The SMILES string of the molecule is C=CCO[C@@]12Oc3ccc(Oc4ccc(-c5ccccc5)cc4)cc3[C@H]3[C@H](CCCCO)[C@@H](CCCCO)C=C(C(=NOCc4ccc([N+](=O)[O-])cc4)C[C@@H]1N(Cc1ccc(F)cc1)C(=O)CCCCCCCCCCC)[C@H]32. The van der Waals surface area contributed by atoms with Gasteiger partial charge in [0.1, 0.15) is 35.7 Å². The van der Waals surface area contributed by atoms with Gasteiger partial charge in [0.2, 0.25) is 11.7 Å². The summed E-state index contributed by atoms with van der Waals surface area (Å²) >= 11 is 0. The molecule has 0 spiro atoms.